The maximum atomic E-state index is 10.4. The number of carboxylic acid groups (broad SMARTS) is 3. The zero-order valence-corrected chi connectivity index (χ0v) is 26.3. The number of benzene rings is 1. The fourth-order valence-corrected chi connectivity index (χ4v) is 2.36. The third-order valence-corrected chi connectivity index (χ3v) is 3.75. The molecular weight excluding hydrogens is 429 g/mol. The summed E-state index contributed by atoms with van der Waals surface area (Å²) in [4.78, 5) is 29.9. The molecule has 0 unspecified atom stereocenters. The van der Waals surface area contributed by atoms with Gasteiger partial charge in [0.15, 0.2) is 0 Å². The summed E-state index contributed by atoms with van der Waals surface area (Å²) in [5.41, 5.74) is 1.18. The number of aliphatic carboxylic acids is 3. The van der Waals surface area contributed by atoms with Crippen LogP contribution in [-0.2, 0) is 20.8 Å². The maximum absolute atomic E-state index is 10.4. The van der Waals surface area contributed by atoms with Gasteiger partial charge in [0, 0.05) is 17.9 Å². The van der Waals surface area contributed by atoms with E-state index in [2.05, 4.69) is 0 Å². The van der Waals surface area contributed by atoms with Crippen molar-refractivity contribution >= 4 is 17.9 Å². The molecule has 31 heavy (non-hydrogen) atoms. The Hall–Kier alpha value is 0.630. The second kappa shape index (κ2) is 30.6. The molecule has 0 heterocycles. The van der Waals surface area contributed by atoms with E-state index in [9.17, 15) is 29.7 Å². The first-order valence-corrected chi connectivity index (χ1v) is 9.92. The summed E-state index contributed by atoms with van der Waals surface area (Å²) in [5, 5.41) is 29.9. The van der Waals surface area contributed by atoms with Gasteiger partial charge < -0.3 is 29.7 Å². The molecule has 160 valence electrons. The molecule has 0 aliphatic heterocycles. The van der Waals surface area contributed by atoms with Crippen LogP contribution in [-0.4, -0.2) is 17.9 Å². The molecule has 1 aromatic carbocycles. The van der Waals surface area contributed by atoms with Gasteiger partial charge in [-0.25, -0.2) is 0 Å². The summed E-state index contributed by atoms with van der Waals surface area (Å²) in [5.74, 6) is -3.03. The molecule has 0 aliphatic carbocycles. The van der Waals surface area contributed by atoms with Crippen LogP contribution < -0.4 is 104 Å². The fraction of sp³-hybridized carbons (Fsp3) is 0.591. The number of carboxylic acids is 3. The Morgan fingerprint density at radius 2 is 1.19 bits per heavy atom. The van der Waals surface area contributed by atoms with Gasteiger partial charge in [0.05, 0.1) is 0 Å². The summed E-state index contributed by atoms with van der Waals surface area (Å²) in [7, 11) is 0. The number of hydrogen-bond acceptors (Lipinski definition) is 6. The van der Waals surface area contributed by atoms with E-state index in [0.29, 0.717) is 12.8 Å². The smallest absolute Gasteiger partial charge is 0.550 e. The average Bonchev–Trinajstić information content (AvgIpc) is 2.63. The first-order chi connectivity index (χ1) is 13.3. The van der Waals surface area contributed by atoms with E-state index in [4.69, 9.17) is 0 Å². The maximum Gasteiger partial charge on any atom is 1.00 e. The van der Waals surface area contributed by atoms with Crippen LogP contribution >= 0.6 is 0 Å². The number of rotatable bonds is 11. The Labute approximate surface area is 253 Å². The minimum Gasteiger partial charge on any atom is -0.550 e. The molecule has 1 rings (SSSR count). The molecule has 6 nitrogen and oxygen atoms in total. The zero-order valence-electron chi connectivity index (χ0n) is 20.3. The quantitative estimate of drug-likeness (QED) is 0.301. The summed E-state index contributed by atoms with van der Waals surface area (Å²) < 4.78 is 0. The topological polar surface area (TPSA) is 120 Å². The van der Waals surface area contributed by atoms with Crippen LogP contribution in [0.15, 0.2) is 30.3 Å². The first-order valence-electron chi connectivity index (χ1n) is 9.92. The molecule has 0 spiro atoms. The van der Waals surface area contributed by atoms with Crippen LogP contribution in [0, 0.1) is 5.92 Å². The van der Waals surface area contributed by atoms with E-state index in [1.54, 1.807) is 6.92 Å². The van der Waals surface area contributed by atoms with E-state index in [-0.39, 0.29) is 107 Å². The standard InChI is InChI=1S/C10H12O2.C8H16O2.C4H8O2.3Na/c11-10(12)8-4-7-9-5-2-1-3-6-9;1-3-5-7(6-4-2)8(9)10;1-2-3-4(5)6;;;/h1-3,5-6H,4,7-8H2,(H,11,12);7H,3-6H2,1-2H3,(H,9,10);2-3H2,1H3,(H,5,6);;;/q;;;3*+1/p-3. The Balaban J connectivity index is -0.000000109. The van der Waals surface area contributed by atoms with Gasteiger partial charge in [0.2, 0.25) is 0 Å². The van der Waals surface area contributed by atoms with E-state index >= 15 is 0 Å². The van der Waals surface area contributed by atoms with Gasteiger partial charge in [-0.3, -0.25) is 0 Å². The van der Waals surface area contributed by atoms with Crippen LogP contribution in [0.25, 0.3) is 0 Å². The Kier molecular flexibility index (Phi) is 41.3. The van der Waals surface area contributed by atoms with Crippen molar-refractivity contribution in [2.75, 3.05) is 0 Å². The number of carbonyl (C=O) groups excluding carboxylic acids is 3. The molecule has 0 fully saturated rings. The second-order valence-corrected chi connectivity index (χ2v) is 6.43. The predicted molar refractivity (Wildman–Crippen MR) is 103 cm³/mol. The molecular formula is C22H33Na3O6. The molecule has 0 amide bonds. The molecule has 0 aromatic heterocycles. The fourth-order valence-electron chi connectivity index (χ4n) is 2.36. The minimum absolute atomic E-state index is 0. The van der Waals surface area contributed by atoms with E-state index in [1.165, 1.54) is 5.56 Å². The molecule has 0 bridgehead atoms. The molecule has 0 saturated heterocycles. The van der Waals surface area contributed by atoms with Crippen LogP contribution in [0.3, 0.4) is 0 Å². The van der Waals surface area contributed by atoms with E-state index in [0.717, 1.165) is 32.1 Å². The monoisotopic (exact) mass is 462 g/mol. The van der Waals surface area contributed by atoms with Crippen molar-refractivity contribution in [3.8, 4) is 0 Å². The normalized spacial score (nSPS) is 8.65. The number of carbonyl (C=O) groups is 3. The summed E-state index contributed by atoms with van der Waals surface area (Å²) in [6, 6.07) is 9.84. The minimum atomic E-state index is -0.967. The third kappa shape index (κ3) is 32.9. The van der Waals surface area contributed by atoms with Crippen molar-refractivity contribution < 1.29 is 118 Å². The summed E-state index contributed by atoms with van der Waals surface area (Å²) >= 11 is 0. The second-order valence-electron chi connectivity index (χ2n) is 6.43. The number of hydrogen-bond donors (Lipinski definition) is 0. The van der Waals surface area contributed by atoms with Gasteiger partial charge in [0.25, 0.3) is 0 Å². The van der Waals surface area contributed by atoms with E-state index < -0.39 is 17.9 Å². The third-order valence-electron chi connectivity index (χ3n) is 3.75. The predicted octanol–water partition coefficient (Wildman–Crippen LogP) is -7.74. The molecule has 0 atom stereocenters. The molecule has 0 aliphatic rings. The average molecular weight is 462 g/mol. The van der Waals surface area contributed by atoms with Crippen LogP contribution in [0.5, 0.6) is 0 Å². The molecule has 1 aromatic rings. The summed E-state index contributed by atoms with van der Waals surface area (Å²) in [6.07, 6.45) is 5.85. The van der Waals surface area contributed by atoms with Gasteiger partial charge >= 0.3 is 88.7 Å². The van der Waals surface area contributed by atoms with Gasteiger partial charge in [-0.05, 0) is 50.0 Å². The summed E-state index contributed by atoms with van der Waals surface area (Å²) in [6.45, 7) is 5.78. The Morgan fingerprint density at radius 1 is 0.742 bits per heavy atom. The van der Waals surface area contributed by atoms with Crippen molar-refractivity contribution in [1.29, 1.82) is 0 Å². The van der Waals surface area contributed by atoms with Crippen LogP contribution in [0.2, 0.25) is 0 Å². The number of aryl methyl sites for hydroxylation is 1. The van der Waals surface area contributed by atoms with E-state index in [1.807, 2.05) is 44.2 Å². The van der Waals surface area contributed by atoms with Gasteiger partial charge in [0.1, 0.15) is 0 Å². The molecule has 0 radical (unpaired) electrons. The van der Waals surface area contributed by atoms with Crippen molar-refractivity contribution in [2.45, 2.75) is 78.6 Å². The SMILES string of the molecule is CCCC(=O)[O-].CCCC(CCC)C(=O)[O-].O=C([O-])CCCc1ccccc1.[Na+].[Na+].[Na+]. The Morgan fingerprint density at radius 3 is 1.48 bits per heavy atom. The van der Waals surface area contributed by atoms with Crippen molar-refractivity contribution in [1.82, 2.24) is 0 Å². The van der Waals surface area contributed by atoms with Crippen molar-refractivity contribution in [2.24, 2.45) is 5.92 Å². The van der Waals surface area contributed by atoms with Gasteiger partial charge in [-0.2, -0.15) is 0 Å². The van der Waals surface area contributed by atoms with Crippen LogP contribution in [0.1, 0.15) is 77.7 Å². The van der Waals surface area contributed by atoms with Crippen LogP contribution in [0.4, 0.5) is 0 Å². The molecule has 0 saturated carbocycles. The molecule has 9 heteroatoms. The Bertz CT molecular complexity index is 535. The van der Waals surface area contributed by atoms with Gasteiger partial charge in [-0.1, -0.05) is 70.4 Å². The van der Waals surface area contributed by atoms with Crippen molar-refractivity contribution in [3.63, 3.8) is 0 Å². The van der Waals surface area contributed by atoms with Crippen molar-refractivity contribution in [3.05, 3.63) is 35.9 Å². The largest absolute Gasteiger partial charge is 1.00 e. The zero-order chi connectivity index (χ0) is 21.8. The molecule has 0 N–H and O–H groups in total. The van der Waals surface area contributed by atoms with Gasteiger partial charge in [-0.15, -0.1) is 0 Å². The first kappa shape index (κ1) is 41.8.